The average Bonchev–Trinajstić information content (AvgIpc) is 3.60. The van der Waals surface area contributed by atoms with Gasteiger partial charge in [0.2, 0.25) is 17.7 Å². The zero-order chi connectivity index (χ0) is 38.3. The van der Waals surface area contributed by atoms with Crippen LogP contribution in [-0.4, -0.2) is 96.9 Å². The van der Waals surface area contributed by atoms with E-state index in [0.29, 0.717) is 57.9 Å². The average molecular weight is 722 g/mol. The van der Waals surface area contributed by atoms with E-state index < -0.39 is 72.3 Å². The lowest BCUT2D eigenvalue weighted by atomic mass is 9.90. The number of imidazole rings is 1. The van der Waals surface area contributed by atoms with Crippen molar-refractivity contribution in [2.24, 2.45) is 11.8 Å². The molecule has 51 heavy (non-hydrogen) atoms. The molecule has 1 aromatic heterocycles. The highest BCUT2D eigenvalue weighted by atomic mass is 16.4. The molecule has 17 nitrogen and oxygen atoms in total. The van der Waals surface area contributed by atoms with Crippen molar-refractivity contribution in [1.29, 1.82) is 0 Å². The molecular formula is C34H51N5O12. The number of amides is 3. The lowest BCUT2D eigenvalue weighted by Crippen LogP contribution is -2.42. The number of aliphatic carboxylic acids is 3. The molecule has 0 aromatic carbocycles. The molecular weight excluding hydrogens is 670 g/mol. The second kappa shape index (κ2) is 24.2. The van der Waals surface area contributed by atoms with Crippen LogP contribution in [0.1, 0.15) is 109 Å². The summed E-state index contributed by atoms with van der Waals surface area (Å²) in [6.45, 7) is 3.18. The number of hydrogen-bond acceptors (Lipinski definition) is 10. The third-order valence-corrected chi connectivity index (χ3v) is 8.33. The second-order valence-corrected chi connectivity index (χ2v) is 12.5. The Bertz CT molecular complexity index is 1350. The second-order valence-electron chi connectivity index (χ2n) is 12.5. The first-order chi connectivity index (χ1) is 24.1. The molecule has 1 aromatic rings. The van der Waals surface area contributed by atoms with Gasteiger partial charge in [0.25, 0.3) is 0 Å². The molecule has 4 atom stereocenters. The molecule has 0 saturated carbocycles. The van der Waals surface area contributed by atoms with Gasteiger partial charge in [-0.05, 0) is 44.9 Å². The van der Waals surface area contributed by atoms with E-state index in [1.807, 2.05) is 0 Å². The highest BCUT2D eigenvalue weighted by Crippen LogP contribution is 2.19. The largest absolute Gasteiger partial charge is 0.481 e. The number of carbonyl (C=O) groups is 9. The maximum atomic E-state index is 12.4. The van der Waals surface area contributed by atoms with Crippen LogP contribution in [0, 0.1) is 11.8 Å². The van der Waals surface area contributed by atoms with Gasteiger partial charge in [0.15, 0.2) is 0 Å². The van der Waals surface area contributed by atoms with Gasteiger partial charge in [-0.15, -0.1) is 0 Å². The lowest BCUT2D eigenvalue weighted by Gasteiger charge is -2.17. The number of carboxylic acid groups (broad SMARTS) is 3. The Kier molecular flexibility index (Phi) is 20.9. The van der Waals surface area contributed by atoms with Crippen molar-refractivity contribution in [2.45, 2.75) is 122 Å². The number of aryl methyl sites for hydroxylation is 1. The first-order valence-corrected chi connectivity index (χ1v) is 17.2. The van der Waals surface area contributed by atoms with Gasteiger partial charge in [0, 0.05) is 76.2 Å². The van der Waals surface area contributed by atoms with Gasteiger partial charge in [0.05, 0.1) is 12.2 Å². The molecule has 0 aliphatic carbocycles. The number of carboxylic acids is 3. The Hall–Kier alpha value is -4.96. The lowest BCUT2D eigenvalue weighted by molar-refractivity contribution is -0.145. The first kappa shape index (κ1) is 44.1. The van der Waals surface area contributed by atoms with Crippen molar-refractivity contribution in [3.63, 3.8) is 0 Å². The van der Waals surface area contributed by atoms with Crippen LogP contribution in [0.25, 0.3) is 0 Å². The molecule has 0 unspecified atom stereocenters. The van der Waals surface area contributed by atoms with Gasteiger partial charge in [-0.25, -0.2) is 14.6 Å². The minimum absolute atomic E-state index is 0.0732. The number of carbonyl (C=O) groups excluding carboxylic acids is 6. The number of nitrogens with zero attached hydrogens (tertiary/aromatic N) is 1. The summed E-state index contributed by atoms with van der Waals surface area (Å²) < 4.78 is 0. The first-order valence-electron chi connectivity index (χ1n) is 17.2. The standard InChI is InChI=1S/C34H51N5O12/c1-3-29(43)22(7-10-25(41)11-9-24-19-35-20-37-24)6-4-5-17-36-30(44)16-14-28(34(50)51)39-31(45)15-8-23(32(46)47)18-26(42)12-13-27(33(48)49)38-21(2)40/h19-20,22-23,27-28H,3-18H2,1-2H3,(H,35,37)(H,36,44)(H,38,40)(H,39,45)(H,46,47)(H,48,49)(H,50,51)/t22-,23-,27+,28+/m1/s1. The van der Waals surface area contributed by atoms with Gasteiger partial charge in [-0.3, -0.25) is 33.6 Å². The molecule has 3 amide bonds. The van der Waals surface area contributed by atoms with Crippen molar-refractivity contribution in [1.82, 2.24) is 25.9 Å². The van der Waals surface area contributed by atoms with E-state index in [4.69, 9.17) is 5.11 Å². The van der Waals surface area contributed by atoms with Gasteiger partial charge in [0.1, 0.15) is 29.4 Å². The number of hydrogen-bond donors (Lipinski definition) is 7. The fourth-order valence-corrected chi connectivity index (χ4v) is 5.35. The highest BCUT2D eigenvalue weighted by molar-refractivity contribution is 5.87. The van der Waals surface area contributed by atoms with E-state index in [-0.39, 0.29) is 49.6 Å². The maximum absolute atomic E-state index is 12.4. The van der Waals surface area contributed by atoms with E-state index in [1.165, 1.54) is 0 Å². The topological polar surface area (TPSA) is 279 Å². The minimum Gasteiger partial charge on any atom is -0.481 e. The normalized spacial score (nSPS) is 13.2. The van der Waals surface area contributed by atoms with E-state index >= 15 is 0 Å². The summed E-state index contributed by atoms with van der Waals surface area (Å²) in [4.78, 5) is 114. The Morgan fingerprint density at radius 3 is 1.90 bits per heavy atom. The molecule has 0 fully saturated rings. The number of H-pyrrole nitrogens is 1. The zero-order valence-corrected chi connectivity index (χ0v) is 29.2. The summed E-state index contributed by atoms with van der Waals surface area (Å²) in [5.41, 5.74) is 0.873. The third kappa shape index (κ3) is 19.7. The number of Topliss-reactive ketones (excluding diaryl/α,β-unsaturated/α-hetero) is 3. The Labute approximate surface area is 296 Å². The molecule has 1 heterocycles. The van der Waals surface area contributed by atoms with E-state index in [2.05, 4.69) is 25.9 Å². The Morgan fingerprint density at radius 2 is 1.31 bits per heavy atom. The number of nitrogens with one attached hydrogen (secondary N) is 4. The molecule has 17 heteroatoms. The Morgan fingerprint density at radius 1 is 0.706 bits per heavy atom. The SMILES string of the molecule is CCC(=O)[C@H](CCCCNC(=O)CC[C@H](NC(=O)CC[C@H](CC(=O)CC[C@H](NC(C)=O)C(=O)O)C(=O)O)C(=O)O)CCC(=O)CCc1cnc[nH]1. The summed E-state index contributed by atoms with van der Waals surface area (Å²) in [7, 11) is 0. The molecule has 0 aliphatic heterocycles. The minimum atomic E-state index is -1.42. The molecule has 1 rings (SSSR count). The summed E-state index contributed by atoms with van der Waals surface area (Å²) >= 11 is 0. The molecule has 0 saturated heterocycles. The number of ketones is 3. The predicted molar refractivity (Wildman–Crippen MR) is 180 cm³/mol. The monoisotopic (exact) mass is 721 g/mol. The van der Waals surface area contributed by atoms with E-state index in [0.717, 1.165) is 12.6 Å². The van der Waals surface area contributed by atoms with Crippen LogP contribution in [0.4, 0.5) is 0 Å². The van der Waals surface area contributed by atoms with Crippen LogP contribution in [0.2, 0.25) is 0 Å². The van der Waals surface area contributed by atoms with Crippen molar-refractivity contribution in [2.75, 3.05) is 6.54 Å². The van der Waals surface area contributed by atoms with E-state index in [9.17, 15) is 53.4 Å². The van der Waals surface area contributed by atoms with Crippen molar-refractivity contribution in [3.05, 3.63) is 18.2 Å². The quantitative estimate of drug-likeness (QED) is 0.0581. The van der Waals surface area contributed by atoms with Gasteiger partial charge >= 0.3 is 17.9 Å². The number of aromatic nitrogens is 2. The highest BCUT2D eigenvalue weighted by Gasteiger charge is 2.26. The molecule has 0 spiro atoms. The Balaban J connectivity index is 2.42. The van der Waals surface area contributed by atoms with Crippen LogP contribution < -0.4 is 16.0 Å². The molecule has 284 valence electrons. The van der Waals surface area contributed by atoms with Crippen LogP contribution in [0.15, 0.2) is 12.5 Å². The van der Waals surface area contributed by atoms with Crippen LogP contribution in [0.5, 0.6) is 0 Å². The maximum Gasteiger partial charge on any atom is 0.326 e. The summed E-state index contributed by atoms with van der Waals surface area (Å²) in [6.07, 6.45) is 4.87. The smallest absolute Gasteiger partial charge is 0.326 e. The van der Waals surface area contributed by atoms with Gasteiger partial charge in [-0.2, -0.15) is 0 Å². The predicted octanol–water partition coefficient (Wildman–Crippen LogP) is 1.73. The fourth-order valence-electron chi connectivity index (χ4n) is 5.35. The molecule has 0 bridgehead atoms. The number of aromatic amines is 1. The molecule has 0 radical (unpaired) electrons. The van der Waals surface area contributed by atoms with Crippen LogP contribution in [-0.2, 0) is 49.6 Å². The van der Waals surface area contributed by atoms with Gasteiger partial charge in [-0.1, -0.05) is 13.3 Å². The van der Waals surface area contributed by atoms with Crippen molar-refractivity contribution in [3.8, 4) is 0 Å². The van der Waals surface area contributed by atoms with Crippen molar-refractivity contribution >= 4 is 53.0 Å². The van der Waals surface area contributed by atoms with E-state index in [1.54, 1.807) is 19.4 Å². The summed E-state index contributed by atoms with van der Waals surface area (Å²) in [5.74, 6) is -7.87. The molecule has 0 aliphatic rings. The zero-order valence-electron chi connectivity index (χ0n) is 29.2. The summed E-state index contributed by atoms with van der Waals surface area (Å²) in [5, 5.41) is 35.3. The van der Waals surface area contributed by atoms with Crippen LogP contribution >= 0.6 is 0 Å². The number of rotatable bonds is 29. The molecule has 7 N–H and O–H groups in total. The number of unbranched alkanes of at least 4 members (excludes halogenated alkanes) is 1. The van der Waals surface area contributed by atoms with Crippen LogP contribution in [0.3, 0.4) is 0 Å². The third-order valence-electron chi connectivity index (χ3n) is 8.33. The summed E-state index contributed by atoms with van der Waals surface area (Å²) in [6, 6.07) is -2.73. The van der Waals surface area contributed by atoms with Crippen molar-refractivity contribution < 1.29 is 58.5 Å². The van der Waals surface area contributed by atoms with Gasteiger partial charge < -0.3 is 36.3 Å². The fraction of sp³-hybridized carbons (Fsp3) is 0.647.